The molecule has 33 heavy (non-hydrogen) atoms. The van der Waals surface area contributed by atoms with Crippen LogP contribution in [0.1, 0.15) is 53.8 Å². The number of aryl methyl sites for hydroxylation is 1. The number of nitrogens with one attached hydrogen (secondary N) is 2. The summed E-state index contributed by atoms with van der Waals surface area (Å²) in [4.78, 5) is 21.3. The van der Waals surface area contributed by atoms with Crippen LogP contribution < -0.4 is 10.6 Å². The standard InChI is InChI=1S/C22H24F4N4O3/c1-12-28-15(9-16(31)30-22(11-23)5-6-22)17(21-32-7-8-33-21)20(29-12)27-10-13-3-2-4-14(18(13)24)19(25)26/h2-4,19,21H,5-11H2,1H3,(H,30,31)(H,27,28,29). The Bertz CT molecular complexity index is 1030. The van der Waals surface area contributed by atoms with Gasteiger partial charge in [0.2, 0.25) is 5.91 Å². The Labute approximate surface area is 187 Å². The van der Waals surface area contributed by atoms with Crippen molar-refractivity contribution in [2.45, 2.75) is 51.0 Å². The maximum atomic E-state index is 14.5. The smallest absolute Gasteiger partial charge is 0.266 e. The highest BCUT2D eigenvalue weighted by Crippen LogP contribution is 2.36. The summed E-state index contributed by atoms with van der Waals surface area (Å²) in [6.07, 6.45) is -2.80. The first kappa shape index (κ1) is 23.4. The quantitative estimate of drug-likeness (QED) is 0.547. The van der Waals surface area contributed by atoms with Gasteiger partial charge in [-0.3, -0.25) is 4.79 Å². The highest BCUT2D eigenvalue weighted by Gasteiger charge is 2.44. The van der Waals surface area contributed by atoms with E-state index in [0.717, 1.165) is 6.07 Å². The first-order valence-corrected chi connectivity index (χ1v) is 10.6. The van der Waals surface area contributed by atoms with E-state index in [1.165, 1.54) is 12.1 Å². The predicted octanol–water partition coefficient (Wildman–Crippen LogP) is 3.68. The molecule has 1 amide bonds. The average Bonchev–Trinajstić information content (AvgIpc) is 3.32. The van der Waals surface area contributed by atoms with E-state index in [1.807, 2.05) is 0 Å². The minimum atomic E-state index is -2.94. The molecule has 1 saturated heterocycles. The van der Waals surface area contributed by atoms with E-state index >= 15 is 0 Å². The lowest BCUT2D eigenvalue weighted by atomic mass is 10.1. The number of carbonyl (C=O) groups excluding carboxylic acids is 1. The van der Waals surface area contributed by atoms with Crippen molar-refractivity contribution < 1.29 is 31.8 Å². The van der Waals surface area contributed by atoms with Crippen molar-refractivity contribution in [3.63, 3.8) is 0 Å². The number of ether oxygens (including phenoxy) is 2. The van der Waals surface area contributed by atoms with E-state index in [2.05, 4.69) is 20.6 Å². The highest BCUT2D eigenvalue weighted by atomic mass is 19.3. The number of halogens is 4. The number of anilines is 1. The molecule has 11 heteroatoms. The van der Waals surface area contributed by atoms with Crippen molar-refractivity contribution in [2.24, 2.45) is 0 Å². The van der Waals surface area contributed by atoms with Crippen LogP contribution in [-0.4, -0.2) is 41.3 Å². The summed E-state index contributed by atoms with van der Waals surface area (Å²) in [6, 6.07) is 3.78. The van der Waals surface area contributed by atoms with Gasteiger partial charge in [-0.15, -0.1) is 0 Å². The molecule has 1 aromatic carbocycles. The fourth-order valence-corrected chi connectivity index (χ4v) is 3.70. The van der Waals surface area contributed by atoms with Gasteiger partial charge in [-0.1, -0.05) is 18.2 Å². The van der Waals surface area contributed by atoms with E-state index in [4.69, 9.17) is 9.47 Å². The van der Waals surface area contributed by atoms with E-state index in [1.54, 1.807) is 6.92 Å². The molecule has 1 aliphatic heterocycles. The van der Waals surface area contributed by atoms with Crippen molar-refractivity contribution in [3.05, 3.63) is 52.2 Å². The summed E-state index contributed by atoms with van der Waals surface area (Å²) in [5.41, 5.74) is -0.764. The van der Waals surface area contributed by atoms with Crippen LogP contribution in [0.4, 0.5) is 23.4 Å². The van der Waals surface area contributed by atoms with Gasteiger partial charge in [0.15, 0.2) is 6.29 Å². The van der Waals surface area contributed by atoms with E-state index < -0.39 is 42.2 Å². The summed E-state index contributed by atoms with van der Waals surface area (Å²) in [7, 11) is 0. The second-order valence-corrected chi connectivity index (χ2v) is 8.17. The summed E-state index contributed by atoms with van der Waals surface area (Å²) >= 11 is 0. The maximum Gasteiger partial charge on any atom is 0.266 e. The zero-order chi connectivity index (χ0) is 23.6. The third-order valence-corrected chi connectivity index (χ3v) is 5.63. The Morgan fingerprint density at radius 3 is 2.61 bits per heavy atom. The molecule has 2 fully saturated rings. The minimum absolute atomic E-state index is 0.0289. The summed E-state index contributed by atoms with van der Waals surface area (Å²) in [5, 5.41) is 5.66. The van der Waals surface area contributed by atoms with E-state index in [-0.39, 0.29) is 24.3 Å². The van der Waals surface area contributed by atoms with E-state index in [9.17, 15) is 22.4 Å². The molecule has 2 aromatic rings. The second-order valence-electron chi connectivity index (χ2n) is 8.17. The number of amides is 1. The fraction of sp³-hybridized carbons (Fsp3) is 0.500. The van der Waals surface area contributed by atoms with Gasteiger partial charge in [0.05, 0.1) is 42.0 Å². The van der Waals surface area contributed by atoms with Crippen LogP contribution in [0, 0.1) is 12.7 Å². The molecule has 0 unspecified atom stereocenters. The SMILES string of the molecule is Cc1nc(CC(=O)NC2(CF)CC2)c(C2OCCO2)c(NCc2cccc(C(F)F)c2F)n1. The van der Waals surface area contributed by atoms with Crippen molar-refractivity contribution in [1.29, 1.82) is 0 Å². The fourth-order valence-electron chi connectivity index (χ4n) is 3.70. The predicted molar refractivity (Wildman–Crippen MR) is 110 cm³/mol. The first-order valence-electron chi connectivity index (χ1n) is 10.6. The van der Waals surface area contributed by atoms with Crippen LogP contribution in [0.25, 0.3) is 0 Å². The number of hydrogen-bond donors (Lipinski definition) is 2. The average molecular weight is 468 g/mol. The van der Waals surface area contributed by atoms with Crippen LogP contribution in [0.3, 0.4) is 0 Å². The largest absolute Gasteiger partial charge is 0.365 e. The lowest BCUT2D eigenvalue weighted by Crippen LogP contribution is -2.39. The minimum Gasteiger partial charge on any atom is -0.365 e. The van der Waals surface area contributed by atoms with Gasteiger partial charge in [-0.2, -0.15) is 0 Å². The zero-order valence-electron chi connectivity index (χ0n) is 18.0. The van der Waals surface area contributed by atoms with Crippen LogP contribution in [0.5, 0.6) is 0 Å². The molecule has 2 heterocycles. The molecule has 4 rings (SSSR count). The lowest BCUT2D eigenvalue weighted by Gasteiger charge is -2.20. The normalized spacial score (nSPS) is 17.4. The molecule has 1 aromatic heterocycles. The van der Waals surface area contributed by atoms with Gasteiger partial charge >= 0.3 is 0 Å². The number of aromatic nitrogens is 2. The topological polar surface area (TPSA) is 85.4 Å². The van der Waals surface area contributed by atoms with Crippen molar-refractivity contribution in [1.82, 2.24) is 15.3 Å². The molecule has 0 bridgehead atoms. The van der Waals surface area contributed by atoms with Gasteiger partial charge in [0, 0.05) is 12.1 Å². The summed E-state index contributed by atoms with van der Waals surface area (Å²) in [6.45, 7) is 1.48. The number of nitrogens with zero attached hydrogens (tertiary/aromatic N) is 2. The Morgan fingerprint density at radius 1 is 1.24 bits per heavy atom. The molecule has 2 aliphatic rings. The number of benzene rings is 1. The molecular weight excluding hydrogens is 444 g/mol. The monoisotopic (exact) mass is 468 g/mol. The number of rotatable bonds is 9. The van der Waals surface area contributed by atoms with Crippen molar-refractivity contribution >= 4 is 11.7 Å². The van der Waals surface area contributed by atoms with Gasteiger partial charge < -0.3 is 20.1 Å². The maximum absolute atomic E-state index is 14.5. The molecule has 2 N–H and O–H groups in total. The second kappa shape index (κ2) is 9.60. The molecule has 7 nitrogen and oxygen atoms in total. The highest BCUT2D eigenvalue weighted by molar-refractivity contribution is 5.80. The van der Waals surface area contributed by atoms with Crippen LogP contribution in [0.2, 0.25) is 0 Å². The molecular formula is C22H24F4N4O3. The Hall–Kier alpha value is -2.79. The molecule has 1 aliphatic carbocycles. The summed E-state index contributed by atoms with van der Waals surface area (Å²) in [5.74, 6) is -0.827. The number of carbonyl (C=O) groups is 1. The van der Waals surface area contributed by atoms with Crippen LogP contribution in [0.15, 0.2) is 18.2 Å². The van der Waals surface area contributed by atoms with E-state index in [0.29, 0.717) is 43.1 Å². The Kier molecular flexibility index (Phi) is 6.80. The Morgan fingerprint density at radius 2 is 1.97 bits per heavy atom. The molecule has 0 spiro atoms. The number of alkyl halides is 3. The van der Waals surface area contributed by atoms with Crippen molar-refractivity contribution in [3.8, 4) is 0 Å². The zero-order valence-corrected chi connectivity index (χ0v) is 18.0. The van der Waals surface area contributed by atoms with Crippen LogP contribution in [-0.2, 0) is 27.2 Å². The van der Waals surface area contributed by atoms with Crippen molar-refractivity contribution in [2.75, 3.05) is 25.2 Å². The van der Waals surface area contributed by atoms with Gasteiger partial charge in [0.25, 0.3) is 6.43 Å². The third-order valence-electron chi connectivity index (χ3n) is 5.63. The first-order chi connectivity index (χ1) is 15.8. The van der Waals surface area contributed by atoms with Gasteiger partial charge in [-0.05, 0) is 19.8 Å². The lowest BCUT2D eigenvalue weighted by molar-refractivity contribution is -0.121. The summed E-state index contributed by atoms with van der Waals surface area (Å²) < 4.78 is 64.9. The number of hydrogen-bond acceptors (Lipinski definition) is 6. The molecule has 178 valence electrons. The van der Waals surface area contributed by atoms with Crippen LogP contribution >= 0.6 is 0 Å². The van der Waals surface area contributed by atoms with Gasteiger partial charge in [-0.25, -0.2) is 27.5 Å². The Balaban J connectivity index is 1.61. The molecule has 1 saturated carbocycles. The molecule has 0 radical (unpaired) electrons. The van der Waals surface area contributed by atoms with Gasteiger partial charge in [0.1, 0.15) is 24.1 Å². The molecule has 0 atom stereocenters. The third kappa shape index (κ3) is 5.25.